The van der Waals surface area contributed by atoms with Crippen LogP contribution in [0, 0.1) is 17.8 Å². The van der Waals surface area contributed by atoms with Crippen LogP contribution in [-0.2, 0) is 14.8 Å². The monoisotopic (exact) mass is 396 g/mol. The van der Waals surface area contributed by atoms with E-state index in [0.29, 0.717) is 43.5 Å². The van der Waals surface area contributed by atoms with Gasteiger partial charge in [0.15, 0.2) is 0 Å². The molecule has 1 aromatic carbocycles. The minimum atomic E-state index is -3.55. The number of halogens is 1. The lowest BCUT2D eigenvalue weighted by Crippen LogP contribution is -2.50. The van der Waals surface area contributed by atoms with Crippen LogP contribution in [0.25, 0.3) is 0 Å². The van der Waals surface area contributed by atoms with Crippen molar-refractivity contribution >= 4 is 27.5 Å². The molecule has 0 unspecified atom stereocenters. The molecule has 1 heterocycles. The first-order valence-electron chi connectivity index (χ1n) is 9.47. The SMILES string of the molecule is O=C(C[C@@H]1C[C@@H]2CC[C@@H]1C2)N1CCN(S(=O)(=O)c2cccc(Cl)c2)CC1. The Morgan fingerprint density at radius 2 is 1.88 bits per heavy atom. The summed E-state index contributed by atoms with van der Waals surface area (Å²) >= 11 is 5.93. The first-order valence-corrected chi connectivity index (χ1v) is 11.3. The predicted octanol–water partition coefficient (Wildman–Crippen LogP) is 3.00. The van der Waals surface area contributed by atoms with Crippen molar-refractivity contribution < 1.29 is 13.2 Å². The highest BCUT2D eigenvalue weighted by molar-refractivity contribution is 7.89. The van der Waals surface area contributed by atoms with Crippen molar-refractivity contribution in [2.75, 3.05) is 26.2 Å². The molecule has 1 saturated heterocycles. The normalized spacial score (nSPS) is 29.3. The molecule has 5 nitrogen and oxygen atoms in total. The summed E-state index contributed by atoms with van der Waals surface area (Å²) in [6.07, 6.45) is 5.79. The number of fused-ring (bicyclic) bond motifs is 2. The summed E-state index contributed by atoms with van der Waals surface area (Å²) in [6, 6.07) is 6.34. The number of nitrogens with zero attached hydrogens (tertiary/aromatic N) is 2. The van der Waals surface area contributed by atoms with Gasteiger partial charge < -0.3 is 4.90 Å². The molecule has 2 bridgehead atoms. The Morgan fingerprint density at radius 3 is 2.50 bits per heavy atom. The standard InChI is InChI=1S/C19H25ClN2O3S/c20-17-2-1-3-18(13-17)26(24,25)22-8-6-21(7-9-22)19(23)12-16-11-14-4-5-15(16)10-14/h1-3,13-16H,4-12H2/t14-,15-,16+/m1/s1. The molecular formula is C19H25ClN2O3S. The van der Waals surface area contributed by atoms with Gasteiger partial charge >= 0.3 is 0 Å². The van der Waals surface area contributed by atoms with E-state index in [0.717, 1.165) is 11.8 Å². The van der Waals surface area contributed by atoms with Crippen molar-refractivity contribution in [2.24, 2.45) is 17.8 Å². The maximum atomic E-state index is 12.7. The molecule has 4 rings (SSSR count). The van der Waals surface area contributed by atoms with E-state index in [2.05, 4.69) is 0 Å². The number of hydrogen-bond acceptors (Lipinski definition) is 3. The van der Waals surface area contributed by atoms with Gasteiger partial charge in [-0.25, -0.2) is 8.42 Å². The van der Waals surface area contributed by atoms with Crippen molar-refractivity contribution in [1.82, 2.24) is 9.21 Å². The van der Waals surface area contributed by atoms with Gasteiger partial charge in [0.25, 0.3) is 0 Å². The summed E-state index contributed by atoms with van der Waals surface area (Å²) in [7, 11) is -3.55. The van der Waals surface area contributed by atoms with Crippen LogP contribution in [0.15, 0.2) is 29.2 Å². The van der Waals surface area contributed by atoms with Crippen LogP contribution in [0.5, 0.6) is 0 Å². The second-order valence-electron chi connectivity index (χ2n) is 7.88. The van der Waals surface area contributed by atoms with Gasteiger partial charge in [0.2, 0.25) is 15.9 Å². The fraction of sp³-hybridized carbons (Fsp3) is 0.632. The summed E-state index contributed by atoms with van der Waals surface area (Å²) in [5, 5.41) is 0.408. The van der Waals surface area contributed by atoms with E-state index in [-0.39, 0.29) is 10.8 Å². The smallest absolute Gasteiger partial charge is 0.243 e. The van der Waals surface area contributed by atoms with Gasteiger partial charge in [0, 0.05) is 37.6 Å². The largest absolute Gasteiger partial charge is 0.340 e. The highest BCUT2D eigenvalue weighted by atomic mass is 35.5. The Morgan fingerprint density at radius 1 is 1.12 bits per heavy atom. The van der Waals surface area contributed by atoms with Crippen LogP contribution in [-0.4, -0.2) is 49.7 Å². The van der Waals surface area contributed by atoms with E-state index in [4.69, 9.17) is 11.6 Å². The highest BCUT2D eigenvalue weighted by Gasteiger charge is 2.41. The van der Waals surface area contributed by atoms with E-state index >= 15 is 0 Å². The molecule has 2 saturated carbocycles. The van der Waals surface area contributed by atoms with Gasteiger partial charge in [-0.05, 0) is 55.2 Å². The number of benzene rings is 1. The first-order chi connectivity index (χ1) is 12.4. The van der Waals surface area contributed by atoms with Crippen LogP contribution in [0.2, 0.25) is 5.02 Å². The Labute approximate surface area is 160 Å². The molecule has 1 aromatic rings. The number of sulfonamides is 1. The average molecular weight is 397 g/mol. The lowest BCUT2D eigenvalue weighted by atomic mass is 9.86. The summed E-state index contributed by atoms with van der Waals surface area (Å²) < 4.78 is 26.9. The number of amides is 1. The van der Waals surface area contributed by atoms with Crippen LogP contribution in [0.4, 0.5) is 0 Å². The lowest BCUT2D eigenvalue weighted by molar-refractivity contribution is -0.133. The lowest BCUT2D eigenvalue weighted by Gasteiger charge is -2.35. The Bertz CT molecular complexity index is 790. The van der Waals surface area contributed by atoms with Gasteiger partial charge in [0.1, 0.15) is 0 Å². The van der Waals surface area contributed by atoms with E-state index in [1.54, 1.807) is 18.2 Å². The van der Waals surface area contributed by atoms with E-state index < -0.39 is 10.0 Å². The molecule has 0 N–H and O–H groups in total. The molecule has 142 valence electrons. The second kappa shape index (κ2) is 7.13. The van der Waals surface area contributed by atoms with Crippen molar-refractivity contribution in [3.63, 3.8) is 0 Å². The molecule has 26 heavy (non-hydrogen) atoms. The molecule has 3 fully saturated rings. The van der Waals surface area contributed by atoms with Gasteiger partial charge in [-0.3, -0.25) is 4.79 Å². The third-order valence-electron chi connectivity index (χ3n) is 6.35. The molecule has 3 aliphatic rings. The number of carbonyl (C=O) groups is 1. The molecule has 7 heteroatoms. The third kappa shape index (κ3) is 3.51. The quantitative estimate of drug-likeness (QED) is 0.786. The number of rotatable bonds is 4. The molecule has 0 radical (unpaired) electrons. The van der Waals surface area contributed by atoms with Gasteiger partial charge in [0.05, 0.1) is 4.90 Å². The zero-order valence-corrected chi connectivity index (χ0v) is 16.4. The molecule has 0 aromatic heterocycles. The predicted molar refractivity (Wildman–Crippen MR) is 100 cm³/mol. The zero-order chi connectivity index (χ0) is 18.3. The number of piperazine rings is 1. The summed E-state index contributed by atoms with van der Waals surface area (Å²) in [4.78, 5) is 14.7. The van der Waals surface area contributed by atoms with Gasteiger partial charge in [-0.15, -0.1) is 0 Å². The Hall–Kier alpha value is -1.11. The second-order valence-corrected chi connectivity index (χ2v) is 10.3. The van der Waals surface area contributed by atoms with Crippen LogP contribution in [0.1, 0.15) is 32.1 Å². The topological polar surface area (TPSA) is 57.7 Å². The molecule has 2 aliphatic carbocycles. The molecule has 1 aliphatic heterocycles. The van der Waals surface area contributed by atoms with E-state index in [1.807, 2.05) is 4.90 Å². The van der Waals surface area contributed by atoms with Crippen LogP contribution < -0.4 is 0 Å². The van der Waals surface area contributed by atoms with Crippen molar-refractivity contribution in [2.45, 2.75) is 37.0 Å². The Kier molecular flexibility index (Phi) is 5.01. The highest BCUT2D eigenvalue weighted by Crippen LogP contribution is 2.49. The van der Waals surface area contributed by atoms with Crippen LogP contribution >= 0.6 is 11.6 Å². The first kappa shape index (κ1) is 18.3. The summed E-state index contributed by atoms with van der Waals surface area (Å²) in [5.41, 5.74) is 0. The van der Waals surface area contributed by atoms with E-state index in [1.165, 1.54) is 36.1 Å². The molecule has 0 spiro atoms. The average Bonchev–Trinajstić information content (AvgIpc) is 3.25. The fourth-order valence-corrected chi connectivity index (χ4v) is 6.66. The van der Waals surface area contributed by atoms with Crippen molar-refractivity contribution in [3.05, 3.63) is 29.3 Å². The maximum Gasteiger partial charge on any atom is 0.243 e. The summed E-state index contributed by atoms with van der Waals surface area (Å²) in [6.45, 7) is 1.63. The summed E-state index contributed by atoms with van der Waals surface area (Å²) in [5.74, 6) is 2.34. The molecule has 3 atom stereocenters. The zero-order valence-electron chi connectivity index (χ0n) is 14.8. The Balaban J connectivity index is 1.34. The van der Waals surface area contributed by atoms with Crippen LogP contribution in [0.3, 0.4) is 0 Å². The van der Waals surface area contributed by atoms with Gasteiger partial charge in [-0.1, -0.05) is 24.1 Å². The minimum absolute atomic E-state index is 0.197. The minimum Gasteiger partial charge on any atom is -0.340 e. The van der Waals surface area contributed by atoms with E-state index in [9.17, 15) is 13.2 Å². The fourth-order valence-electron chi connectivity index (χ4n) is 4.93. The van der Waals surface area contributed by atoms with Crippen molar-refractivity contribution in [3.8, 4) is 0 Å². The maximum absolute atomic E-state index is 12.7. The third-order valence-corrected chi connectivity index (χ3v) is 8.48. The van der Waals surface area contributed by atoms with Gasteiger partial charge in [-0.2, -0.15) is 4.31 Å². The number of carbonyl (C=O) groups excluding carboxylic acids is 1. The van der Waals surface area contributed by atoms with Crippen molar-refractivity contribution in [1.29, 1.82) is 0 Å². The molecule has 1 amide bonds. The molecular weight excluding hydrogens is 372 g/mol. The number of hydrogen-bond donors (Lipinski definition) is 0.